The summed E-state index contributed by atoms with van der Waals surface area (Å²) in [4.78, 5) is 10.1. The maximum absolute atomic E-state index is 10.5. The van der Waals surface area contributed by atoms with E-state index in [-0.39, 0.29) is 6.61 Å². The van der Waals surface area contributed by atoms with Gasteiger partial charge in [0.2, 0.25) is 0 Å². The van der Waals surface area contributed by atoms with Gasteiger partial charge in [-0.05, 0) is 40.5 Å². The Morgan fingerprint density at radius 2 is 1.10 bits per heavy atom. The Balaban J connectivity index is 0.000000267. The van der Waals surface area contributed by atoms with Gasteiger partial charge in [0.05, 0.1) is 14.8 Å². The molecule has 51 heavy (non-hydrogen) atoms. The summed E-state index contributed by atoms with van der Waals surface area (Å²) in [5, 5.41) is 16.8. The molecule has 7 aromatic rings. The molecule has 0 bridgehead atoms. The predicted octanol–water partition coefficient (Wildman–Crippen LogP) is 9.88. The van der Waals surface area contributed by atoms with Gasteiger partial charge in [0.1, 0.15) is 5.75 Å². The molecule has 0 heterocycles. The summed E-state index contributed by atoms with van der Waals surface area (Å²) < 4.78 is 7.02. The van der Waals surface area contributed by atoms with Crippen molar-refractivity contribution in [1.29, 1.82) is 0 Å². The van der Waals surface area contributed by atoms with Crippen LogP contribution in [0.15, 0.2) is 189 Å². The molecule has 7 rings (SSSR count). The van der Waals surface area contributed by atoms with Gasteiger partial charge in [0.15, 0.2) is 8.15 Å². The summed E-state index contributed by atoms with van der Waals surface area (Å²) in [7, 11) is -2.37. The van der Waals surface area contributed by atoms with Crippen LogP contribution in [0, 0.1) is 0 Å². The van der Waals surface area contributed by atoms with E-state index in [4.69, 9.17) is 4.52 Å². The minimum absolute atomic E-state index is 0.135. The third-order valence-corrected chi connectivity index (χ3v) is 11.8. The second-order valence-corrected chi connectivity index (χ2v) is 15.2. The first-order valence-electron chi connectivity index (χ1n) is 16.8. The van der Waals surface area contributed by atoms with Gasteiger partial charge in [-0.2, -0.15) is 0 Å². The van der Waals surface area contributed by atoms with Crippen LogP contribution in [-0.4, -0.2) is 10.00 Å². The molecule has 0 radical (unpaired) electrons. The lowest BCUT2D eigenvalue weighted by atomic mass is 9.89. The number of aliphatic hydroxyl groups excluding tert-OH is 1. The minimum atomic E-state index is -1.19. The molecule has 0 fully saturated rings. The summed E-state index contributed by atoms with van der Waals surface area (Å²) in [6, 6.07) is 58.7. The summed E-state index contributed by atoms with van der Waals surface area (Å²) in [5.41, 5.74) is 4.66. The van der Waals surface area contributed by atoms with Crippen molar-refractivity contribution in [3.8, 4) is 5.75 Å². The van der Waals surface area contributed by atoms with Crippen molar-refractivity contribution < 1.29 is 14.5 Å². The van der Waals surface area contributed by atoms with Gasteiger partial charge in [-0.25, -0.2) is 0 Å². The Bertz CT molecular complexity index is 2120. The topological polar surface area (TPSA) is 49.7 Å². The van der Waals surface area contributed by atoms with Crippen molar-refractivity contribution in [2.24, 2.45) is 0 Å². The van der Waals surface area contributed by atoms with Crippen LogP contribution in [0.1, 0.15) is 29.2 Å². The van der Waals surface area contributed by atoms with Crippen LogP contribution in [0.4, 0.5) is 0 Å². The lowest BCUT2D eigenvalue weighted by Crippen LogP contribution is -2.16. The second-order valence-electron chi connectivity index (χ2n) is 11.7. The fourth-order valence-electron chi connectivity index (χ4n) is 5.90. The molecule has 2 N–H and O–H groups in total. The number of hydrogen-bond acceptors (Lipinski definition) is 3. The number of hydrogen-bond donors (Lipinski definition) is 2. The van der Waals surface area contributed by atoms with Crippen LogP contribution in [0.5, 0.6) is 5.75 Å². The van der Waals surface area contributed by atoms with E-state index in [9.17, 15) is 10.00 Å². The smallest absolute Gasteiger partial charge is 0.150 e. The van der Waals surface area contributed by atoms with Crippen molar-refractivity contribution >= 4 is 59.9 Å². The Kier molecular flexibility index (Phi) is 12.4. The molecule has 0 amide bonds. The molecule has 0 atom stereocenters. The van der Waals surface area contributed by atoms with Crippen molar-refractivity contribution in [1.82, 2.24) is 0 Å². The molecule has 0 aromatic heterocycles. The lowest BCUT2D eigenvalue weighted by Gasteiger charge is -2.25. The fraction of sp³-hybridized carbons (Fsp3) is 0.0435. The number of rotatable bonds is 10. The van der Waals surface area contributed by atoms with Gasteiger partial charge in [0, 0.05) is 32.3 Å². The first-order chi connectivity index (χ1) is 25.1. The minimum Gasteiger partial charge on any atom is -0.463 e. The second kappa shape index (κ2) is 17.7. The number of benzene rings is 7. The largest absolute Gasteiger partial charge is 0.463 e. The molecular formula is C46H40O3P2. The maximum atomic E-state index is 10.5. The molecule has 0 spiro atoms. The Hall–Kier alpha value is -5.14. The summed E-state index contributed by atoms with van der Waals surface area (Å²) >= 11 is 0. The van der Waals surface area contributed by atoms with E-state index in [0.29, 0.717) is 5.75 Å². The van der Waals surface area contributed by atoms with Crippen LogP contribution in [0.3, 0.4) is 0 Å². The number of fused-ring (bicyclic) bond motifs is 1. The molecular weight excluding hydrogens is 662 g/mol. The quantitative estimate of drug-likeness (QED) is 0.140. The van der Waals surface area contributed by atoms with Crippen molar-refractivity contribution in [3.63, 3.8) is 0 Å². The van der Waals surface area contributed by atoms with Crippen molar-refractivity contribution in [2.75, 3.05) is 0 Å². The number of allylic oxidation sites excluding steroid dienone is 1. The van der Waals surface area contributed by atoms with Crippen LogP contribution >= 0.6 is 16.3 Å². The van der Waals surface area contributed by atoms with Gasteiger partial charge in [-0.15, -0.1) is 0 Å². The third kappa shape index (κ3) is 8.61. The highest BCUT2D eigenvalue weighted by atomic mass is 31.1. The van der Waals surface area contributed by atoms with Gasteiger partial charge >= 0.3 is 0 Å². The van der Waals surface area contributed by atoms with E-state index in [1.165, 1.54) is 0 Å². The van der Waals surface area contributed by atoms with Crippen LogP contribution in [-0.2, 0) is 6.61 Å². The SMILES string of the molecule is C=C(c1ccccc1/C=C\C)c1c(OP(c2ccccc2)c2ccccc2)c(CO)cc2ccccc12.OP(c1ccccc1)c1ccccc1. The molecule has 252 valence electrons. The molecule has 0 aliphatic carbocycles. The normalized spacial score (nSPS) is 11.1. The third-order valence-electron chi connectivity index (χ3n) is 8.35. The highest BCUT2D eigenvalue weighted by Crippen LogP contribution is 2.46. The lowest BCUT2D eigenvalue weighted by molar-refractivity contribution is 0.279. The highest BCUT2D eigenvalue weighted by molar-refractivity contribution is 7.69. The molecule has 7 aromatic carbocycles. The van der Waals surface area contributed by atoms with Crippen molar-refractivity contribution in [3.05, 3.63) is 211 Å². The summed E-state index contributed by atoms with van der Waals surface area (Å²) in [6.07, 6.45) is 4.13. The van der Waals surface area contributed by atoms with Crippen LogP contribution in [0.25, 0.3) is 22.4 Å². The molecule has 0 unspecified atom stereocenters. The molecule has 3 nitrogen and oxygen atoms in total. The van der Waals surface area contributed by atoms with Gasteiger partial charge in [-0.3, -0.25) is 0 Å². The van der Waals surface area contributed by atoms with Crippen LogP contribution < -0.4 is 25.7 Å². The van der Waals surface area contributed by atoms with Gasteiger partial charge < -0.3 is 14.5 Å². The van der Waals surface area contributed by atoms with Gasteiger partial charge in [0.25, 0.3) is 0 Å². The maximum Gasteiger partial charge on any atom is 0.150 e. The predicted molar refractivity (Wildman–Crippen MR) is 220 cm³/mol. The van der Waals surface area contributed by atoms with E-state index < -0.39 is 16.3 Å². The first kappa shape index (κ1) is 35.7. The average molecular weight is 703 g/mol. The van der Waals surface area contributed by atoms with E-state index in [0.717, 1.165) is 59.8 Å². The Labute approximate surface area is 303 Å². The molecule has 0 aliphatic rings. The molecule has 5 heteroatoms. The van der Waals surface area contributed by atoms with E-state index in [2.05, 4.69) is 61.2 Å². The Morgan fingerprint density at radius 1 is 0.627 bits per heavy atom. The summed E-state index contributed by atoms with van der Waals surface area (Å²) in [6.45, 7) is 6.47. The summed E-state index contributed by atoms with van der Waals surface area (Å²) in [5.74, 6) is 0.681. The average Bonchev–Trinajstić information content (AvgIpc) is 3.21. The zero-order chi connectivity index (χ0) is 35.4. The highest BCUT2D eigenvalue weighted by Gasteiger charge is 2.24. The molecule has 0 aliphatic heterocycles. The zero-order valence-corrected chi connectivity index (χ0v) is 30.3. The monoisotopic (exact) mass is 702 g/mol. The van der Waals surface area contributed by atoms with Crippen molar-refractivity contribution in [2.45, 2.75) is 13.5 Å². The first-order valence-corrected chi connectivity index (χ1v) is 19.4. The van der Waals surface area contributed by atoms with Gasteiger partial charge in [-0.1, -0.05) is 189 Å². The van der Waals surface area contributed by atoms with E-state index in [1.807, 2.05) is 140 Å². The number of aliphatic hydroxyl groups is 1. The fourth-order valence-corrected chi connectivity index (χ4v) is 8.89. The van der Waals surface area contributed by atoms with E-state index >= 15 is 0 Å². The van der Waals surface area contributed by atoms with Crippen LogP contribution in [0.2, 0.25) is 0 Å². The van der Waals surface area contributed by atoms with E-state index in [1.54, 1.807) is 0 Å². The Morgan fingerprint density at radius 3 is 1.63 bits per heavy atom. The standard InChI is InChI=1S/C34H29O2P.C12H11OP/c1-3-14-26-15-10-12-21-31(26)25(2)33-32-22-13-11-16-27(32)23-28(24-35)34(33)36-37(29-17-6-4-7-18-29)30-19-8-5-9-20-30;13-14(11-7-3-1-4-8-11)12-9-5-2-6-10-12/h3-23,35H,2,24H2,1H3;1-10,13H/b14-3-;. The zero-order valence-electron chi connectivity index (χ0n) is 28.5. The molecule has 0 saturated carbocycles. The molecule has 0 saturated heterocycles.